The summed E-state index contributed by atoms with van der Waals surface area (Å²) in [6.07, 6.45) is 0. The molecule has 0 aliphatic heterocycles. The fraction of sp³-hybridized carbons (Fsp3) is 0.533. The van der Waals surface area contributed by atoms with Gasteiger partial charge in [-0.2, -0.15) is 0 Å². The highest BCUT2D eigenvalue weighted by molar-refractivity contribution is 5.81. The fourth-order valence-corrected chi connectivity index (χ4v) is 1.75. The third-order valence-corrected chi connectivity index (χ3v) is 2.97. The summed E-state index contributed by atoms with van der Waals surface area (Å²) < 4.78 is 0. The Balaban J connectivity index is 2.54. The lowest BCUT2D eigenvalue weighted by Crippen LogP contribution is -2.48. The zero-order chi connectivity index (χ0) is 14.5. The molecule has 19 heavy (non-hydrogen) atoms. The molecule has 2 atom stereocenters. The van der Waals surface area contributed by atoms with Gasteiger partial charge in [0, 0.05) is 12.6 Å². The molecule has 3 N–H and O–H groups in total. The Hall–Kier alpha value is -1.39. The van der Waals surface area contributed by atoms with Gasteiger partial charge in [-0.15, -0.1) is 0 Å². The van der Waals surface area contributed by atoms with Crippen molar-refractivity contribution in [2.75, 3.05) is 6.54 Å². The van der Waals surface area contributed by atoms with Crippen LogP contribution in [0.1, 0.15) is 33.3 Å². The van der Waals surface area contributed by atoms with E-state index in [9.17, 15) is 9.90 Å². The van der Waals surface area contributed by atoms with E-state index in [1.807, 2.05) is 44.2 Å². The minimum absolute atomic E-state index is 0.0566. The number of hydrogen-bond acceptors (Lipinski definition) is 3. The molecule has 0 spiro atoms. The average Bonchev–Trinajstić information content (AvgIpc) is 2.36. The van der Waals surface area contributed by atoms with Crippen LogP contribution in [0.3, 0.4) is 0 Å². The van der Waals surface area contributed by atoms with Gasteiger partial charge in [-0.1, -0.05) is 30.3 Å². The number of nitrogens with one attached hydrogen (secondary N) is 2. The van der Waals surface area contributed by atoms with Crippen LogP contribution in [0.15, 0.2) is 30.3 Å². The molecule has 0 saturated heterocycles. The van der Waals surface area contributed by atoms with E-state index in [1.54, 1.807) is 13.8 Å². The zero-order valence-corrected chi connectivity index (χ0v) is 12.1. The third-order valence-electron chi connectivity index (χ3n) is 2.97. The second-order valence-corrected chi connectivity index (χ2v) is 5.41. The highest BCUT2D eigenvalue weighted by Gasteiger charge is 2.24. The summed E-state index contributed by atoms with van der Waals surface area (Å²) in [5.41, 5.74) is -0.160. The van der Waals surface area contributed by atoms with E-state index < -0.39 is 5.60 Å². The van der Waals surface area contributed by atoms with E-state index in [0.29, 0.717) is 6.54 Å². The monoisotopic (exact) mass is 264 g/mol. The van der Waals surface area contributed by atoms with Gasteiger partial charge in [-0.25, -0.2) is 0 Å². The number of aliphatic hydroxyl groups is 1. The van der Waals surface area contributed by atoms with E-state index in [-0.39, 0.29) is 18.0 Å². The number of carbonyl (C=O) groups excluding carboxylic acids is 1. The van der Waals surface area contributed by atoms with Crippen LogP contribution in [-0.4, -0.2) is 29.6 Å². The number of carbonyl (C=O) groups is 1. The van der Waals surface area contributed by atoms with E-state index in [2.05, 4.69) is 10.6 Å². The summed E-state index contributed by atoms with van der Waals surface area (Å²) >= 11 is 0. The molecule has 0 aliphatic carbocycles. The molecule has 0 saturated carbocycles. The van der Waals surface area contributed by atoms with E-state index in [4.69, 9.17) is 0 Å². The van der Waals surface area contributed by atoms with Gasteiger partial charge in [0.1, 0.15) is 0 Å². The summed E-state index contributed by atoms with van der Waals surface area (Å²) in [6, 6.07) is 9.22. The summed E-state index contributed by atoms with van der Waals surface area (Å²) in [6.45, 7) is 7.69. The average molecular weight is 264 g/mol. The molecule has 1 aromatic carbocycles. The summed E-state index contributed by atoms with van der Waals surface area (Å²) in [4.78, 5) is 11.8. The van der Waals surface area contributed by atoms with E-state index in [1.165, 1.54) is 0 Å². The maximum Gasteiger partial charge on any atom is 0.237 e. The van der Waals surface area contributed by atoms with Gasteiger partial charge in [-0.3, -0.25) is 4.79 Å². The number of amides is 1. The molecule has 106 valence electrons. The lowest BCUT2D eigenvalue weighted by Gasteiger charge is -2.26. The molecule has 1 aromatic rings. The Kier molecular flexibility index (Phi) is 5.51. The van der Waals surface area contributed by atoms with Crippen molar-refractivity contribution in [2.45, 2.75) is 45.4 Å². The zero-order valence-electron chi connectivity index (χ0n) is 12.1. The minimum atomic E-state index is -0.992. The Morgan fingerprint density at radius 3 is 2.37 bits per heavy atom. The minimum Gasteiger partial charge on any atom is -0.384 e. The summed E-state index contributed by atoms with van der Waals surface area (Å²) in [5.74, 6) is -0.0566. The molecule has 0 bridgehead atoms. The first-order valence-corrected chi connectivity index (χ1v) is 6.64. The molecule has 4 nitrogen and oxygen atoms in total. The van der Waals surface area contributed by atoms with Crippen molar-refractivity contribution >= 4 is 5.91 Å². The van der Waals surface area contributed by atoms with Crippen molar-refractivity contribution in [3.63, 3.8) is 0 Å². The predicted octanol–water partition coefficient (Wildman–Crippen LogP) is 1.40. The maximum atomic E-state index is 11.8. The van der Waals surface area contributed by atoms with E-state index in [0.717, 1.165) is 5.56 Å². The molecular weight excluding hydrogens is 240 g/mol. The van der Waals surface area contributed by atoms with Crippen LogP contribution < -0.4 is 10.6 Å². The second-order valence-electron chi connectivity index (χ2n) is 5.41. The summed E-state index contributed by atoms with van der Waals surface area (Å²) in [7, 11) is 0. The molecule has 4 heteroatoms. The van der Waals surface area contributed by atoms with Crippen LogP contribution >= 0.6 is 0 Å². The van der Waals surface area contributed by atoms with Gasteiger partial charge >= 0.3 is 0 Å². The van der Waals surface area contributed by atoms with Crippen LogP contribution in [0.2, 0.25) is 0 Å². The van der Waals surface area contributed by atoms with Gasteiger partial charge in [0.25, 0.3) is 0 Å². The lowest BCUT2D eigenvalue weighted by molar-refractivity contribution is -0.123. The van der Waals surface area contributed by atoms with Gasteiger partial charge in [-0.05, 0) is 33.3 Å². The SMILES string of the molecule is CC(C)NC(=O)C(C)NCC(C)(O)c1ccccc1. The molecule has 1 rings (SSSR count). The first-order valence-electron chi connectivity index (χ1n) is 6.64. The molecule has 2 unspecified atom stereocenters. The normalized spacial score (nSPS) is 15.9. The van der Waals surface area contributed by atoms with E-state index >= 15 is 0 Å². The fourth-order valence-electron chi connectivity index (χ4n) is 1.75. The number of hydrogen-bond donors (Lipinski definition) is 3. The van der Waals surface area contributed by atoms with Gasteiger partial charge < -0.3 is 15.7 Å². The van der Waals surface area contributed by atoms with Crippen molar-refractivity contribution in [3.8, 4) is 0 Å². The molecule has 0 radical (unpaired) electrons. The lowest BCUT2D eigenvalue weighted by atomic mass is 9.96. The molecule has 0 aromatic heterocycles. The molecular formula is C15H24N2O2. The van der Waals surface area contributed by atoms with Crippen molar-refractivity contribution < 1.29 is 9.90 Å². The molecule has 0 heterocycles. The van der Waals surface area contributed by atoms with Crippen molar-refractivity contribution in [2.24, 2.45) is 0 Å². The molecule has 1 amide bonds. The highest BCUT2D eigenvalue weighted by atomic mass is 16.3. The topological polar surface area (TPSA) is 61.4 Å². The molecule has 0 aliphatic rings. The van der Waals surface area contributed by atoms with Crippen molar-refractivity contribution in [3.05, 3.63) is 35.9 Å². The Bertz CT molecular complexity index is 402. The highest BCUT2D eigenvalue weighted by Crippen LogP contribution is 2.19. The predicted molar refractivity (Wildman–Crippen MR) is 76.8 cm³/mol. The van der Waals surface area contributed by atoms with Crippen molar-refractivity contribution in [1.82, 2.24) is 10.6 Å². The summed E-state index contributed by atoms with van der Waals surface area (Å²) in [5, 5.41) is 16.3. The van der Waals surface area contributed by atoms with Gasteiger partial charge in [0.05, 0.1) is 11.6 Å². The largest absolute Gasteiger partial charge is 0.384 e. The van der Waals surface area contributed by atoms with Gasteiger partial charge in [0.15, 0.2) is 0 Å². The maximum absolute atomic E-state index is 11.8. The van der Waals surface area contributed by atoms with Crippen LogP contribution in [0.5, 0.6) is 0 Å². The van der Waals surface area contributed by atoms with Crippen LogP contribution in [-0.2, 0) is 10.4 Å². The number of benzene rings is 1. The first-order chi connectivity index (χ1) is 8.83. The Morgan fingerprint density at radius 1 is 1.26 bits per heavy atom. The molecule has 0 fully saturated rings. The van der Waals surface area contributed by atoms with Crippen LogP contribution in [0, 0.1) is 0 Å². The van der Waals surface area contributed by atoms with Crippen molar-refractivity contribution in [1.29, 1.82) is 0 Å². The van der Waals surface area contributed by atoms with Crippen LogP contribution in [0.4, 0.5) is 0 Å². The Labute approximate surface area is 115 Å². The number of rotatable bonds is 6. The van der Waals surface area contributed by atoms with Gasteiger partial charge in [0.2, 0.25) is 5.91 Å². The first kappa shape index (κ1) is 15.7. The third kappa shape index (κ3) is 5.01. The second kappa shape index (κ2) is 6.68. The standard InChI is InChI=1S/C15H24N2O2/c1-11(2)17-14(18)12(3)16-10-15(4,19)13-8-6-5-7-9-13/h5-9,11-12,16,19H,10H2,1-4H3,(H,17,18). The Morgan fingerprint density at radius 2 is 1.84 bits per heavy atom. The quantitative estimate of drug-likeness (QED) is 0.728. The smallest absolute Gasteiger partial charge is 0.237 e. The van der Waals surface area contributed by atoms with Crippen LogP contribution in [0.25, 0.3) is 0 Å².